The summed E-state index contributed by atoms with van der Waals surface area (Å²) in [5.74, 6) is 0.238. The highest BCUT2D eigenvalue weighted by Gasteiger charge is 2.16. The normalized spacial score (nSPS) is 11.4. The summed E-state index contributed by atoms with van der Waals surface area (Å²) in [4.78, 5) is 12.1. The molecule has 0 spiro atoms. The lowest BCUT2D eigenvalue weighted by atomic mass is 10.2. The number of carbonyl (C=O) groups excluding carboxylic acids is 1. The minimum Gasteiger partial charge on any atom is -0.495 e. The topological polar surface area (TPSA) is 79.9 Å². The van der Waals surface area contributed by atoms with Crippen molar-refractivity contribution in [1.29, 1.82) is 5.26 Å². The molecule has 20 heavy (non-hydrogen) atoms. The van der Waals surface area contributed by atoms with Gasteiger partial charge in [-0.25, -0.2) is 0 Å². The van der Waals surface area contributed by atoms with Gasteiger partial charge in [-0.3, -0.25) is 9.48 Å². The van der Waals surface area contributed by atoms with Crippen LogP contribution < -0.4 is 10.1 Å². The maximum atomic E-state index is 12.1. The van der Waals surface area contributed by atoms with Gasteiger partial charge in [-0.1, -0.05) is 0 Å². The van der Waals surface area contributed by atoms with E-state index in [0.717, 1.165) is 0 Å². The van der Waals surface area contributed by atoms with Gasteiger partial charge in [-0.15, -0.1) is 0 Å². The van der Waals surface area contributed by atoms with Crippen molar-refractivity contribution < 1.29 is 9.53 Å². The van der Waals surface area contributed by atoms with Crippen molar-refractivity contribution in [3.05, 3.63) is 42.2 Å². The quantitative estimate of drug-likeness (QED) is 0.921. The van der Waals surface area contributed by atoms with E-state index in [0.29, 0.717) is 17.0 Å². The largest absolute Gasteiger partial charge is 0.495 e. The number of amides is 1. The second-order valence-electron chi connectivity index (χ2n) is 4.18. The number of hydrogen-bond acceptors (Lipinski definition) is 4. The van der Waals surface area contributed by atoms with E-state index in [-0.39, 0.29) is 5.91 Å². The number of aromatic nitrogens is 2. The Morgan fingerprint density at radius 2 is 2.35 bits per heavy atom. The van der Waals surface area contributed by atoms with Gasteiger partial charge in [0.15, 0.2) is 0 Å². The van der Waals surface area contributed by atoms with E-state index in [4.69, 9.17) is 10.00 Å². The molecular formula is C14H14N4O2. The second-order valence-corrected chi connectivity index (χ2v) is 4.18. The molecule has 1 amide bonds. The lowest BCUT2D eigenvalue weighted by molar-refractivity contribution is -0.119. The lowest BCUT2D eigenvalue weighted by Gasteiger charge is -2.14. The van der Waals surface area contributed by atoms with Crippen molar-refractivity contribution in [2.75, 3.05) is 12.4 Å². The highest BCUT2D eigenvalue weighted by molar-refractivity contribution is 5.94. The molecule has 1 N–H and O–H groups in total. The summed E-state index contributed by atoms with van der Waals surface area (Å²) in [5, 5.41) is 15.6. The molecule has 0 aliphatic heterocycles. The maximum Gasteiger partial charge on any atom is 0.249 e. The molecule has 0 aliphatic carbocycles. The average Bonchev–Trinajstić information content (AvgIpc) is 3.00. The van der Waals surface area contributed by atoms with Gasteiger partial charge in [-0.05, 0) is 25.1 Å². The zero-order chi connectivity index (χ0) is 14.5. The number of nitrogens with zero attached hydrogens (tertiary/aromatic N) is 3. The first-order chi connectivity index (χ1) is 9.65. The van der Waals surface area contributed by atoms with Gasteiger partial charge < -0.3 is 10.1 Å². The van der Waals surface area contributed by atoms with Gasteiger partial charge in [0.05, 0.1) is 24.4 Å². The minimum atomic E-state index is -0.439. The van der Waals surface area contributed by atoms with Crippen LogP contribution in [0.25, 0.3) is 0 Å². The first kappa shape index (κ1) is 13.6. The highest BCUT2D eigenvalue weighted by Crippen LogP contribution is 2.26. The SMILES string of the molecule is COc1cc(C#N)ccc1NC(=O)C(C)n1cccn1. The predicted octanol–water partition coefficient (Wildman–Crippen LogP) is 1.96. The molecule has 0 bridgehead atoms. The van der Waals surface area contributed by atoms with Gasteiger partial charge in [0.2, 0.25) is 5.91 Å². The summed E-state index contributed by atoms with van der Waals surface area (Å²) >= 11 is 0. The maximum absolute atomic E-state index is 12.1. The Balaban J connectivity index is 2.18. The van der Waals surface area contributed by atoms with Crippen LogP contribution in [0, 0.1) is 11.3 Å². The van der Waals surface area contributed by atoms with Crippen LogP contribution in [0.2, 0.25) is 0 Å². The van der Waals surface area contributed by atoms with Crippen molar-refractivity contribution in [3.63, 3.8) is 0 Å². The van der Waals surface area contributed by atoms with Gasteiger partial charge in [0.1, 0.15) is 11.8 Å². The molecule has 1 heterocycles. The van der Waals surface area contributed by atoms with Crippen molar-refractivity contribution >= 4 is 11.6 Å². The van der Waals surface area contributed by atoms with Crippen molar-refractivity contribution in [2.45, 2.75) is 13.0 Å². The van der Waals surface area contributed by atoms with Gasteiger partial charge in [0.25, 0.3) is 0 Å². The van der Waals surface area contributed by atoms with Crippen molar-refractivity contribution in [1.82, 2.24) is 9.78 Å². The molecule has 6 heteroatoms. The molecule has 102 valence electrons. The number of benzene rings is 1. The smallest absolute Gasteiger partial charge is 0.249 e. The van der Waals surface area contributed by atoms with Crippen molar-refractivity contribution in [2.24, 2.45) is 0 Å². The van der Waals surface area contributed by atoms with Gasteiger partial charge in [0, 0.05) is 18.5 Å². The summed E-state index contributed by atoms with van der Waals surface area (Å²) in [6, 6.07) is 8.18. The molecular weight excluding hydrogens is 256 g/mol. The van der Waals surface area contributed by atoms with E-state index in [1.807, 2.05) is 6.07 Å². The van der Waals surface area contributed by atoms with Crippen LogP contribution in [0.5, 0.6) is 5.75 Å². The van der Waals surface area contributed by atoms with Crippen LogP contribution in [0.15, 0.2) is 36.7 Å². The summed E-state index contributed by atoms with van der Waals surface area (Å²) < 4.78 is 6.73. The molecule has 6 nitrogen and oxygen atoms in total. The molecule has 0 radical (unpaired) electrons. The molecule has 0 saturated heterocycles. The predicted molar refractivity (Wildman–Crippen MR) is 73.3 cm³/mol. The Kier molecular flexibility index (Phi) is 4.01. The Labute approximate surface area is 116 Å². The molecule has 2 aromatic rings. The standard InChI is InChI=1S/C14H14N4O2/c1-10(18-7-3-6-16-18)14(19)17-12-5-4-11(9-15)8-13(12)20-2/h3-8,10H,1-2H3,(H,17,19). The number of hydrogen-bond donors (Lipinski definition) is 1. The Bertz CT molecular complexity index is 644. The van der Waals surface area contributed by atoms with E-state index < -0.39 is 6.04 Å². The van der Waals surface area contributed by atoms with E-state index >= 15 is 0 Å². The second kappa shape index (κ2) is 5.89. The Hall–Kier alpha value is -2.81. The lowest BCUT2D eigenvalue weighted by Crippen LogP contribution is -2.24. The van der Waals surface area contributed by atoms with E-state index in [9.17, 15) is 4.79 Å². The monoisotopic (exact) mass is 270 g/mol. The van der Waals surface area contributed by atoms with Crippen molar-refractivity contribution in [3.8, 4) is 11.8 Å². The number of rotatable bonds is 4. The first-order valence-corrected chi connectivity index (χ1v) is 6.04. The van der Waals surface area contributed by atoms with Crippen LogP contribution in [0.1, 0.15) is 18.5 Å². The summed E-state index contributed by atoms with van der Waals surface area (Å²) in [5.41, 5.74) is 0.996. The first-order valence-electron chi connectivity index (χ1n) is 6.04. The number of carbonyl (C=O) groups is 1. The molecule has 1 unspecified atom stereocenters. The zero-order valence-electron chi connectivity index (χ0n) is 11.2. The number of anilines is 1. The number of nitriles is 1. The van der Waals surface area contributed by atoms with E-state index in [2.05, 4.69) is 10.4 Å². The highest BCUT2D eigenvalue weighted by atomic mass is 16.5. The van der Waals surface area contributed by atoms with E-state index in [1.54, 1.807) is 48.3 Å². The number of nitrogens with one attached hydrogen (secondary N) is 1. The third-order valence-electron chi connectivity index (χ3n) is 2.89. The van der Waals surface area contributed by atoms with Gasteiger partial charge in [-0.2, -0.15) is 10.4 Å². The number of ether oxygens (including phenoxy) is 1. The van der Waals surface area contributed by atoms with Crippen LogP contribution >= 0.6 is 0 Å². The van der Waals surface area contributed by atoms with Crippen LogP contribution in [-0.4, -0.2) is 22.8 Å². The molecule has 1 atom stereocenters. The minimum absolute atomic E-state index is 0.211. The molecule has 0 fully saturated rings. The number of methoxy groups -OCH3 is 1. The fourth-order valence-electron chi connectivity index (χ4n) is 1.73. The molecule has 0 aliphatic rings. The third kappa shape index (κ3) is 2.78. The molecule has 1 aromatic carbocycles. The Morgan fingerprint density at radius 3 is 2.95 bits per heavy atom. The summed E-state index contributed by atoms with van der Waals surface area (Å²) in [6.07, 6.45) is 3.34. The van der Waals surface area contributed by atoms with Crippen LogP contribution in [0.4, 0.5) is 5.69 Å². The Morgan fingerprint density at radius 1 is 1.55 bits per heavy atom. The fourth-order valence-corrected chi connectivity index (χ4v) is 1.73. The van der Waals surface area contributed by atoms with E-state index in [1.165, 1.54) is 7.11 Å². The molecule has 1 aromatic heterocycles. The van der Waals surface area contributed by atoms with Crippen LogP contribution in [-0.2, 0) is 4.79 Å². The fraction of sp³-hybridized carbons (Fsp3) is 0.214. The molecule has 2 rings (SSSR count). The third-order valence-corrected chi connectivity index (χ3v) is 2.89. The zero-order valence-corrected chi connectivity index (χ0v) is 11.2. The summed E-state index contributed by atoms with van der Waals surface area (Å²) in [6.45, 7) is 1.75. The van der Waals surface area contributed by atoms with Crippen LogP contribution in [0.3, 0.4) is 0 Å². The summed E-state index contributed by atoms with van der Waals surface area (Å²) in [7, 11) is 1.49. The average molecular weight is 270 g/mol. The molecule has 0 saturated carbocycles. The van der Waals surface area contributed by atoms with Gasteiger partial charge >= 0.3 is 0 Å².